The lowest BCUT2D eigenvalue weighted by Gasteiger charge is -2.18. The van der Waals surface area contributed by atoms with Gasteiger partial charge in [0.05, 0.1) is 10.7 Å². The third kappa shape index (κ3) is 4.32. The van der Waals surface area contributed by atoms with Gasteiger partial charge in [-0.3, -0.25) is 4.79 Å². The SMILES string of the molecule is Cc1cc(Cl)c(NC(=O)CC(C)(C)N)cc1F. The van der Waals surface area contributed by atoms with Gasteiger partial charge in [-0.2, -0.15) is 0 Å². The monoisotopic (exact) mass is 258 g/mol. The third-order valence-electron chi connectivity index (χ3n) is 2.14. The summed E-state index contributed by atoms with van der Waals surface area (Å²) in [6.07, 6.45) is 0.138. The minimum absolute atomic E-state index is 0.138. The molecule has 3 nitrogen and oxygen atoms in total. The third-order valence-corrected chi connectivity index (χ3v) is 2.45. The number of halogens is 2. The Morgan fingerprint density at radius 2 is 2.12 bits per heavy atom. The van der Waals surface area contributed by atoms with Crippen LogP contribution in [0.15, 0.2) is 12.1 Å². The Morgan fingerprint density at radius 1 is 1.53 bits per heavy atom. The molecule has 0 fully saturated rings. The van der Waals surface area contributed by atoms with Crippen molar-refractivity contribution < 1.29 is 9.18 Å². The molecule has 3 N–H and O–H groups in total. The van der Waals surface area contributed by atoms with Crippen LogP contribution in [-0.4, -0.2) is 11.4 Å². The first-order valence-electron chi connectivity index (χ1n) is 5.23. The number of nitrogens with two attached hydrogens (primary N) is 1. The average Bonchev–Trinajstić information content (AvgIpc) is 2.11. The van der Waals surface area contributed by atoms with Crippen LogP contribution in [0.3, 0.4) is 0 Å². The maximum absolute atomic E-state index is 13.3. The molecule has 1 amide bonds. The highest BCUT2D eigenvalue weighted by atomic mass is 35.5. The van der Waals surface area contributed by atoms with Gasteiger partial charge in [-0.05, 0) is 38.5 Å². The van der Waals surface area contributed by atoms with Crippen molar-refractivity contribution in [3.63, 3.8) is 0 Å². The van der Waals surface area contributed by atoms with E-state index in [9.17, 15) is 9.18 Å². The molecule has 1 aromatic rings. The number of anilines is 1. The van der Waals surface area contributed by atoms with Gasteiger partial charge < -0.3 is 11.1 Å². The summed E-state index contributed by atoms with van der Waals surface area (Å²) in [5.41, 5.74) is 5.81. The molecule has 0 aliphatic heterocycles. The summed E-state index contributed by atoms with van der Waals surface area (Å²) >= 11 is 5.90. The average molecular weight is 259 g/mol. The Bertz CT molecular complexity index is 441. The second kappa shape index (κ2) is 5.02. The van der Waals surface area contributed by atoms with Gasteiger partial charge in [0.15, 0.2) is 0 Å². The van der Waals surface area contributed by atoms with Gasteiger partial charge in [-0.15, -0.1) is 0 Å². The topological polar surface area (TPSA) is 55.1 Å². The summed E-state index contributed by atoms with van der Waals surface area (Å²) in [5.74, 6) is -0.695. The van der Waals surface area contributed by atoms with E-state index in [1.807, 2.05) is 0 Å². The van der Waals surface area contributed by atoms with Crippen molar-refractivity contribution in [1.82, 2.24) is 0 Å². The van der Waals surface area contributed by atoms with Crippen LogP contribution in [0.2, 0.25) is 5.02 Å². The molecule has 1 aromatic carbocycles. The van der Waals surface area contributed by atoms with E-state index in [1.165, 1.54) is 12.1 Å². The molecule has 94 valence electrons. The molecule has 17 heavy (non-hydrogen) atoms. The summed E-state index contributed by atoms with van der Waals surface area (Å²) in [7, 11) is 0. The van der Waals surface area contributed by atoms with Gasteiger partial charge >= 0.3 is 0 Å². The molecule has 0 aliphatic carbocycles. The number of carbonyl (C=O) groups excluding carboxylic acids is 1. The molecule has 0 bridgehead atoms. The quantitative estimate of drug-likeness (QED) is 0.876. The van der Waals surface area contributed by atoms with Gasteiger partial charge in [0.25, 0.3) is 0 Å². The molecule has 5 heteroatoms. The van der Waals surface area contributed by atoms with E-state index in [0.717, 1.165) is 0 Å². The standard InChI is InChI=1S/C12H16ClFN2O/c1-7-4-8(13)10(5-9(7)14)16-11(17)6-12(2,3)15/h4-5H,6,15H2,1-3H3,(H,16,17). The molecule has 0 radical (unpaired) electrons. The van der Waals surface area contributed by atoms with Gasteiger partial charge in [0, 0.05) is 12.0 Å². The smallest absolute Gasteiger partial charge is 0.226 e. The summed E-state index contributed by atoms with van der Waals surface area (Å²) in [4.78, 5) is 11.6. The van der Waals surface area contributed by atoms with E-state index in [1.54, 1.807) is 20.8 Å². The van der Waals surface area contributed by atoms with Crippen LogP contribution in [0.4, 0.5) is 10.1 Å². The van der Waals surface area contributed by atoms with Crippen molar-refractivity contribution in [3.8, 4) is 0 Å². The fourth-order valence-corrected chi connectivity index (χ4v) is 1.62. The Morgan fingerprint density at radius 3 is 2.65 bits per heavy atom. The van der Waals surface area contributed by atoms with Crippen molar-refractivity contribution in [1.29, 1.82) is 0 Å². The second-order valence-electron chi connectivity index (χ2n) is 4.79. The van der Waals surface area contributed by atoms with Crippen LogP contribution in [0.1, 0.15) is 25.8 Å². The van der Waals surface area contributed by atoms with Crippen molar-refractivity contribution >= 4 is 23.2 Å². The van der Waals surface area contributed by atoms with Crippen LogP contribution in [-0.2, 0) is 4.79 Å². The highest BCUT2D eigenvalue weighted by Gasteiger charge is 2.17. The van der Waals surface area contributed by atoms with Crippen LogP contribution in [0, 0.1) is 12.7 Å². The Kier molecular flexibility index (Phi) is 4.11. The predicted molar refractivity (Wildman–Crippen MR) is 67.7 cm³/mol. The van der Waals surface area contributed by atoms with Crippen molar-refractivity contribution in [3.05, 3.63) is 28.5 Å². The first-order valence-corrected chi connectivity index (χ1v) is 5.61. The van der Waals surface area contributed by atoms with E-state index in [-0.39, 0.29) is 18.0 Å². The lowest BCUT2D eigenvalue weighted by molar-refractivity contribution is -0.117. The van der Waals surface area contributed by atoms with Crippen LogP contribution in [0.25, 0.3) is 0 Å². The number of benzene rings is 1. The highest BCUT2D eigenvalue weighted by Crippen LogP contribution is 2.25. The number of amides is 1. The second-order valence-corrected chi connectivity index (χ2v) is 5.20. The predicted octanol–water partition coefficient (Wildman–Crippen LogP) is 2.85. The van der Waals surface area contributed by atoms with Crippen molar-refractivity contribution in [2.24, 2.45) is 5.73 Å². The van der Waals surface area contributed by atoms with Crippen molar-refractivity contribution in [2.45, 2.75) is 32.7 Å². The fraction of sp³-hybridized carbons (Fsp3) is 0.417. The molecule has 0 atom stereocenters. The molecule has 1 rings (SSSR count). The van der Waals surface area contributed by atoms with E-state index in [4.69, 9.17) is 17.3 Å². The fourth-order valence-electron chi connectivity index (χ4n) is 1.35. The molecular formula is C12H16ClFN2O. The maximum Gasteiger partial charge on any atom is 0.226 e. The summed E-state index contributed by atoms with van der Waals surface area (Å²) in [6, 6.07) is 2.68. The first-order chi connectivity index (χ1) is 7.69. The van der Waals surface area contributed by atoms with Crippen LogP contribution < -0.4 is 11.1 Å². The van der Waals surface area contributed by atoms with E-state index in [0.29, 0.717) is 10.6 Å². The molecule has 0 unspecified atom stereocenters. The number of nitrogens with one attached hydrogen (secondary N) is 1. The minimum Gasteiger partial charge on any atom is -0.325 e. The molecule has 0 aliphatic rings. The van der Waals surface area contributed by atoms with E-state index in [2.05, 4.69) is 5.32 Å². The van der Waals surface area contributed by atoms with E-state index >= 15 is 0 Å². The summed E-state index contributed by atoms with van der Waals surface area (Å²) in [5, 5.41) is 2.86. The molecule has 0 aromatic heterocycles. The Hall–Kier alpha value is -1.13. The van der Waals surface area contributed by atoms with E-state index < -0.39 is 11.4 Å². The lowest BCUT2D eigenvalue weighted by Crippen LogP contribution is -2.36. The first kappa shape index (κ1) is 13.9. The Labute approximate surface area is 105 Å². The number of carbonyl (C=O) groups is 1. The van der Waals surface area contributed by atoms with Gasteiger partial charge in [-0.25, -0.2) is 4.39 Å². The summed E-state index contributed by atoms with van der Waals surface area (Å²) < 4.78 is 13.3. The Balaban J connectivity index is 2.82. The van der Waals surface area contributed by atoms with Crippen LogP contribution >= 0.6 is 11.6 Å². The maximum atomic E-state index is 13.3. The largest absolute Gasteiger partial charge is 0.325 e. The van der Waals surface area contributed by atoms with Crippen molar-refractivity contribution in [2.75, 3.05) is 5.32 Å². The number of rotatable bonds is 3. The molecule has 0 heterocycles. The zero-order chi connectivity index (χ0) is 13.2. The highest BCUT2D eigenvalue weighted by molar-refractivity contribution is 6.33. The zero-order valence-electron chi connectivity index (χ0n) is 10.1. The normalized spacial score (nSPS) is 11.4. The molecular weight excluding hydrogens is 243 g/mol. The molecule has 0 saturated carbocycles. The summed E-state index contributed by atoms with van der Waals surface area (Å²) in [6.45, 7) is 5.09. The molecule has 0 saturated heterocycles. The lowest BCUT2D eigenvalue weighted by atomic mass is 10.0. The minimum atomic E-state index is -0.611. The number of hydrogen-bond donors (Lipinski definition) is 2. The number of aryl methyl sites for hydroxylation is 1. The van der Waals surface area contributed by atoms with Gasteiger partial charge in [0.1, 0.15) is 5.82 Å². The zero-order valence-corrected chi connectivity index (χ0v) is 10.9. The van der Waals surface area contributed by atoms with Gasteiger partial charge in [-0.1, -0.05) is 11.6 Å². The molecule has 0 spiro atoms. The number of hydrogen-bond acceptors (Lipinski definition) is 2. The van der Waals surface area contributed by atoms with Crippen LogP contribution in [0.5, 0.6) is 0 Å². The van der Waals surface area contributed by atoms with Gasteiger partial charge in [0.2, 0.25) is 5.91 Å².